The van der Waals surface area contributed by atoms with Crippen LogP contribution in [0.5, 0.6) is 11.5 Å². The van der Waals surface area contributed by atoms with Crippen molar-refractivity contribution >= 4 is 22.8 Å². The fraction of sp³-hybridized carbons (Fsp3) is 0.512. The highest BCUT2D eigenvalue weighted by Crippen LogP contribution is 2.45. The highest BCUT2D eigenvalue weighted by molar-refractivity contribution is 5.96. The number of aliphatic hydroxyl groups excluding tert-OH is 1. The number of hydrogen-bond donors (Lipinski definition) is 4. The van der Waals surface area contributed by atoms with E-state index >= 15 is 0 Å². The van der Waals surface area contributed by atoms with E-state index in [1.165, 1.54) is 21.4 Å². The molecule has 3 aromatic rings. The van der Waals surface area contributed by atoms with Crippen LogP contribution in [-0.2, 0) is 11.2 Å². The van der Waals surface area contributed by atoms with Crippen molar-refractivity contribution in [2.45, 2.75) is 64.1 Å². The molecule has 1 aliphatic carbocycles. The van der Waals surface area contributed by atoms with Crippen LogP contribution in [0.4, 0.5) is 4.79 Å². The van der Waals surface area contributed by atoms with E-state index in [1.54, 1.807) is 6.08 Å². The summed E-state index contributed by atoms with van der Waals surface area (Å²) in [6.07, 6.45) is 7.69. The highest BCUT2D eigenvalue weighted by Gasteiger charge is 2.44. The Balaban J connectivity index is 0.000000272. The monoisotopic (exact) mass is 716 g/mol. The number of H-pyrrole nitrogens is 1. The minimum Gasteiger partial charge on any atom is -0.487 e. The molecule has 2 heterocycles. The number of benzene rings is 2. The third-order valence-corrected chi connectivity index (χ3v) is 9.51. The van der Waals surface area contributed by atoms with E-state index in [2.05, 4.69) is 63.0 Å². The molecule has 284 valence electrons. The number of rotatable bonds is 17. The number of piperidine rings is 1. The number of nitrogens with one attached hydrogen (secondary N) is 3. The molecule has 1 saturated heterocycles. The van der Waals surface area contributed by atoms with Crippen molar-refractivity contribution in [2.75, 3.05) is 66.6 Å². The fourth-order valence-corrected chi connectivity index (χ4v) is 7.13. The van der Waals surface area contributed by atoms with Crippen LogP contribution in [0.25, 0.3) is 10.9 Å². The van der Waals surface area contributed by atoms with Crippen molar-refractivity contribution in [1.82, 2.24) is 30.3 Å². The smallest absolute Gasteiger partial charge is 0.324 e. The molecule has 3 amide bonds. The standard InChI is InChI=1S/C26H37N5O2.C15H23NO3/c1-5-11-30-17-19(25(32)31(26(33)27-6-2)13-8-12-29(3)4)14-21-20-9-7-10-22-24(20)18(16-28-22)15-23(21)30;1-4-9-18-14-7-5-6-8-15(14)19-11-13(17)10-16-12(2)3/h5,7,9-10,16,19,21,23,28H,1,6,8,11-15,17H2,2-4H3,(H,27,33);4-8,12-13,16-17H,1,9-11H2,2-3H3/t19-,21-,23-;/m1./s1. The zero-order valence-corrected chi connectivity index (χ0v) is 31.8. The number of fused-ring (bicyclic) bond motifs is 2. The van der Waals surface area contributed by atoms with E-state index in [-0.39, 0.29) is 30.4 Å². The zero-order valence-electron chi connectivity index (χ0n) is 31.8. The second-order valence-corrected chi connectivity index (χ2v) is 14.2. The van der Waals surface area contributed by atoms with Gasteiger partial charge in [-0.25, -0.2) is 4.79 Å². The average Bonchev–Trinajstić information content (AvgIpc) is 3.55. The molecule has 52 heavy (non-hydrogen) atoms. The predicted molar refractivity (Wildman–Crippen MR) is 209 cm³/mol. The molecule has 4 atom stereocenters. The molecule has 1 unspecified atom stereocenters. The van der Waals surface area contributed by atoms with Crippen LogP contribution < -0.4 is 20.1 Å². The van der Waals surface area contributed by atoms with Crippen LogP contribution in [0.15, 0.2) is 74.0 Å². The van der Waals surface area contributed by atoms with Gasteiger partial charge in [0.05, 0.1) is 5.92 Å². The summed E-state index contributed by atoms with van der Waals surface area (Å²) in [4.78, 5) is 35.9. The predicted octanol–water partition coefficient (Wildman–Crippen LogP) is 5.18. The number of imide groups is 1. The Hall–Kier alpha value is -4.16. The Morgan fingerprint density at radius 2 is 1.83 bits per heavy atom. The maximum atomic E-state index is 13.7. The lowest BCUT2D eigenvalue weighted by atomic mass is 9.72. The minimum absolute atomic E-state index is 0.0562. The van der Waals surface area contributed by atoms with Gasteiger partial charge in [-0.05, 0) is 76.2 Å². The van der Waals surface area contributed by atoms with Gasteiger partial charge in [0.2, 0.25) is 5.91 Å². The van der Waals surface area contributed by atoms with Crippen LogP contribution in [0.2, 0.25) is 0 Å². The zero-order chi connectivity index (χ0) is 37.6. The van der Waals surface area contributed by atoms with E-state index in [0.717, 1.165) is 37.9 Å². The Morgan fingerprint density at radius 3 is 2.50 bits per heavy atom. The van der Waals surface area contributed by atoms with Crippen LogP contribution in [-0.4, -0.2) is 121 Å². The maximum Gasteiger partial charge on any atom is 0.324 e. The van der Waals surface area contributed by atoms with E-state index in [9.17, 15) is 14.7 Å². The first kappa shape index (κ1) is 40.6. The van der Waals surface area contributed by atoms with E-state index < -0.39 is 6.10 Å². The van der Waals surface area contributed by atoms with Gasteiger partial charge in [-0.3, -0.25) is 14.6 Å². The number of amides is 3. The Morgan fingerprint density at radius 1 is 1.08 bits per heavy atom. The van der Waals surface area contributed by atoms with Crippen LogP contribution in [0.3, 0.4) is 0 Å². The van der Waals surface area contributed by atoms with Gasteiger partial charge < -0.3 is 35.1 Å². The Kier molecular flexibility index (Phi) is 15.8. The first-order chi connectivity index (χ1) is 25.1. The molecule has 4 N–H and O–H groups in total. The Bertz CT molecular complexity index is 1610. The highest BCUT2D eigenvalue weighted by atomic mass is 16.5. The molecule has 2 aliphatic rings. The number of hydrogen-bond acceptors (Lipinski definition) is 8. The normalized spacial score (nSPS) is 18.6. The van der Waals surface area contributed by atoms with Gasteiger partial charge in [0.15, 0.2) is 11.5 Å². The molecular weight excluding hydrogens is 656 g/mol. The first-order valence-corrected chi connectivity index (χ1v) is 18.6. The third kappa shape index (κ3) is 10.9. The summed E-state index contributed by atoms with van der Waals surface area (Å²) in [6, 6.07) is 14.2. The molecule has 2 aromatic carbocycles. The second kappa shape index (κ2) is 20.2. The maximum absolute atomic E-state index is 13.7. The van der Waals surface area contributed by atoms with Crippen LogP contribution >= 0.6 is 0 Å². The summed E-state index contributed by atoms with van der Waals surface area (Å²) in [5.74, 6) is 1.28. The molecule has 0 bridgehead atoms. The lowest BCUT2D eigenvalue weighted by Gasteiger charge is -2.47. The van der Waals surface area contributed by atoms with Crippen molar-refractivity contribution in [3.8, 4) is 11.5 Å². The Labute approximate surface area is 310 Å². The number of aromatic amines is 1. The van der Waals surface area contributed by atoms with Gasteiger partial charge in [-0.1, -0.05) is 56.8 Å². The van der Waals surface area contributed by atoms with Crippen molar-refractivity contribution < 1.29 is 24.2 Å². The molecule has 11 heteroatoms. The van der Waals surface area contributed by atoms with Crippen LogP contribution in [0.1, 0.15) is 50.7 Å². The van der Waals surface area contributed by atoms with Gasteiger partial charge in [0.25, 0.3) is 0 Å². The molecule has 1 aromatic heterocycles. The van der Waals surface area contributed by atoms with E-state index in [0.29, 0.717) is 56.4 Å². The summed E-state index contributed by atoms with van der Waals surface area (Å²) in [7, 11) is 4.01. The number of nitrogens with zero attached hydrogens (tertiary/aromatic N) is 3. The molecule has 1 fully saturated rings. The molecule has 0 spiro atoms. The van der Waals surface area contributed by atoms with Gasteiger partial charge in [0.1, 0.15) is 19.3 Å². The molecule has 0 radical (unpaired) electrons. The second-order valence-electron chi connectivity index (χ2n) is 14.2. The molecular formula is C41H60N6O5. The van der Waals surface area contributed by atoms with E-state index in [1.807, 2.05) is 65.2 Å². The van der Waals surface area contributed by atoms with Crippen molar-refractivity contribution in [1.29, 1.82) is 0 Å². The number of ether oxygens (including phenoxy) is 2. The van der Waals surface area contributed by atoms with Gasteiger partial charge in [-0.2, -0.15) is 0 Å². The quantitative estimate of drug-likeness (QED) is 0.141. The summed E-state index contributed by atoms with van der Waals surface area (Å²) >= 11 is 0. The largest absolute Gasteiger partial charge is 0.487 e. The number of urea groups is 1. The third-order valence-electron chi connectivity index (χ3n) is 9.51. The summed E-state index contributed by atoms with van der Waals surface area (Å²) in [5, 5.41) is 17.1. The number of aliphatic hydroxyl groups is 1. The van der Waals surface area contributed by atoms with Crippen molar-refractivity contribution in [3.05, 3.63) is 85.1 Å². The minimum atomic E-state index is -0.546. The summed E-state index contributed by atoms with van der Waals surface area (Å²) < 4.78 is 11.1. The summed E-state index contributed by atoms with van der Waals surface area (Å²) in [6.45, 7) is 17.9. The number of carbonyl (C=O) groups excluding carboxylic acids is 2. The van der Waals surface area contributed by atoms with Crippen LogP contribution in [0, 0.1) is 5.92 Å². The molecule has 1 aliphatic heterocycles. The fourth-order valence-electron chi connectivity index (χ4n) is 7.13. The number of likely N-dealkylation sites (tertiary alicyclic amines) is 1. The van der Waals surface area contributed by atoms with Crippen molar-refractivity contribution in [2.24, 2.45) is 5.92 Å². The summed E-state index contributed by atoms with van der Waals surface area (Å²) in [5.41, 5.74) is 3.84. The lowest BCUT2D eigenvalue weighted by Crippen LogP contribution is -2.55. The SMILES string of the molecule is C=CCN1C[C@H](C(=O)N(CCCN(C)C)C(=O)NCC)C[C@@H]2c3cccc4[nH]cc(c34)C[C@H]21.C=CCOc1ccccc1OCC(O)CNC(C)C. The topological polar surface area (TPSA) is 122 Å². The van der Waals surface area contributed by atoms with E-state index in [4.69, 9.17) is 9.47 Å². The van der Waals surface area contributed by atoms with Gasteiger partial charge >= 0.3 is 6.03 Å². The molecule has 0 saturated carbocycles. The molecule has 5 rings (SSSR count). The lowest BCUT2D eigenvalue weighted by molar-refractivity contribution is -0.135. The average molecular weight is 717 g/mol. The first-order valence-electron chi connectivity index (χ1n) is 18.6. The number of para-hydroxylation sites is 2. The van der Waals surface area contributed by atoms with Gasteiger partial charge in [0, 0.05) is 67.8 Å². The molecule has 11 nitrogen and oxygen atoms in total. The van der Waals surface area contributed by atoms with Crippen molar-refractivity contribution in [3.63, 3.8) is 0 Å². The van der Waals surface area contributed by atoms with Gasteiger partial charge in [-0.15, -0.1) is 6.58 Å². The number of aromatic nitrogens is 1. The number of carbonyl (C=O) groups is 2.